The van der Waals surface area contributed by atoms with Gasteiger partial charge in [0.25, 0.3) is 0 Å². The van der Waals surface area contributed by atoms with E-state index < -0.39 is 0 Å². The molecule has 2 heterocycles. The Morgan fingerprint density at radius 2 is 0.698 bits per heavy atom. The molecule has 0 aromatic rings. The Labute approximate surface area is 270 Å². The van der Waals surface area contributed by atoms with Crippen molar-refractivity contribution in [1.82, 2.24) is 0 Å². The number of rotatable bonds is 34. The van der Waals surface area contributed by atoms with Crippen molar-refractivity contribution >= 4 is 0 Å². The minimum atomic E-state index is 0.508. The van der Waals surface area contributed by atoms with Gasteiger partial charge in [-0.3, -0.25) is 0 Å². The van der Waals surface area contributed by atoms with Crippen LogP contribution in [0.3, 0.4) is 0 Å². The van der Waals surface area contributed by atoms with Crippen molar-refractivity contribution in [2.75, 3.05) is 13.2 Å². The lowest BCUT2D eigenvalue weighted by molar-refractivity contribution is -0.0557. The molecule has 0 N–H and O–H groups in total. The second kappa shape index (κ2) is 29.3. The van der Waals surface area contributed by atoms with Gasteiger partial charge in [0.15, 0.2) is 0 Å². The molecule has 0 saturated carbocycles. The predicted octanol–water partition coefficient (Wildman–Crippen LogP) is 13.1. The molecule has 256 valence electrons. The number of hydrogen-bond donors (Lipinski definition) is 0. The summed E-state index contributed by atoms with van der Waals surface area (Å²) in [6.45, 7) is 6.68. The van der Waals surface area contributed by atoms with Gasteiger partial charge in [-0.05, 0) is 51.4 Å². The Bertz CT molecular complexity index is 510. The van der Waals surface area contributed by atoms with Gasteiger partial charge in [-0.15, -0.1) is 0 Å². The summed E-state index contributed by atoms with van der Waals surface area (Å²) in [5.74, 6) is 0. The van der Waals surface area contributed by atoms with E-state index in [1.807, 2.05) is 0 Å². The summed E-state index contributed by atoms with van der Waals surface area (Å²) in [6.07, 6.45) is 46.1. The average molecular weight is 607 g/mol. The number of ether oxygens (including phenoxy) is 3. The van der Waals surface area contributed by atoms with E-state index in [0.29, 0.717) is 24.4 Å². The third-order valence-corrected chi connectivity index (χ3v) is 10.3. The summed E-state index contributed by atoms with van der Waals surface area (Å²) in [5, 5.41) is 0. The van der Waals surface area contributed by atoms with Gasteiger partial charge in [0.2, 0.25) is 0 Å². The maximum atomic E-state index is 6.95. The second-order valence-electron chi connectivity index (χ2n) is 14.5. The molecule has 4 unspecified atom stereocenters. The van der Waals surface area contributed by atoms with E-state index in [9.17, 15) is 0 Å². The van der Waals surface area contributed by atoms with Crippen LogP contribution in [-0.2, 0) is 14.2 Å². The largest absolute Gasteiger partial charge is 0.378 e. The third kappa shape index (κ3) is 22.9. The topological polar surface area (TPSA) is 27.7 Å². The molecule has 3 heteroatoms. The second-order valence-corrected chi connectivity index (χ2v) is 14.5. The van der Waals surface area contributed by atoms with Gasteiger partial charge in [-0.25, -0.2) is 0 Å². The van der Waals surface area contributed by atoms with Crippen molar-refractivity contribution in [3.8, 4) is 0 Å². The number of hydrogen-bond acceptors (Lipinski definition) is 3. The molecular weight excluding hydrogens is 528 g/mol. The SMILES string of the molecule is CCCCCC(CCCCCCCCCCCC1CCO1)OC(CCCCC)CCCCCCCCCCCC1CCO1. The molecule has 3 nitrogen and oxygen atoms in total. The molecule has 0 aromatic heterocycles. The van der Waals surface area contributed by atoms with Gasteiger partial charge in [0, 0.05) is 13.2 Å². The fourth-order valence-electron chi connectivity index (χ4n) is 7.06. The van der Waals surface area contributed by atoms with E-state index in [-0.39, 0.29) is 0 Å². The quantitative estimate of drug-likeness (QED) is 0.0682. The fourth-order valence-corrected chi connectivity index (χ4v) is 7.06. The van der Waals surface area contributed by atoms with Crippen molar-refractivity contribution in [2.24, 2.45) is 0 Å². The van der Waals surface area contributed by atoms with Gasteiger partial charge in [-0.1, -0.05) is 168 Å². The highest BCUT2D eigenvalue weighted by Crippen LogP contribution is 2.24. The zero-order valence-corrected chi connectivity index (χ0v) is 29.6. The first-order valence-corrected chi connectivity index (χ1v) is 20.2. The Morgan fingerprint density at radius 3 is 0.977 bits per heavy atom. The predicted molar refractivity (Wildman–Crippen MR) is 187 cm³/mol. The van der Waals surface area contributed by atoms with Crippen LogP contribution in [0.1, 0.15) is 219 Å². The zero-order chi connectivity index (χ0) is 30.5. The number of unbranched alkanes of at least 4 members (excludes halogenated alkanes) is 20. The summed E-state index contributed by atoms with van der Waals surface area (Å²) >= 11 is 0. The highest BCUT2D eigenvalue weighted by atomic mass is 16.5. The highest BCUT2D eigenvalue weighted by Gasteiger charge is 2.18. The van der Waals surface area contributed by atoms with E-state index in [0.717, 1.165) is 13.2 Å². The molecule has 2 aliphatic heterocycles. The molecule has 0 amide bonds. The molecule has 2 aliphatic rings. The van der Waals surface area contributed by atoms with E-state index >= 15 is 0 Å². The lowest BCUT2D eigenvalue weighted by Crippen LogP contribution is -2.26. The van der Waals surface area contributed by atoms with E-state index in [4.69, 9.17) is 14.2 Å². The standard InChI is InChI=1S/C40H78O3/c1-3-5-21-29-39(31-25-19-15-11-7-9-13-17-23-27-37-33-35-41-37)43-40(30-22-6-4-2)32-26-20-16-12-8-10-14-18-24-28-38-34-36-42-38/h37-40H,3-36H2,1-2H3. The Kier molecular flexibility index (Phi) is 26.6. The molecule has 43 heavy (non-hydrogen) atoms. The van der Waals surface area contributed by atoms with Gasteiger partial charge < -0.3 is 14.2 Å². The highest BCUT2D eigenvalue weighted by molar-refractivity contribution is 4.68. The Hall–Kier alpha value is -0.120. The molecule has 0 bridgehead atoms. The molecule has 0 spiro atoms. The first-order valence-electron chi connectivity index (χ1n) is 20.2. The molecule has 0 aliphatic carbocycles. The summed E-state index contributed by atoms with van der Waals surface area (Å²) in [6, 6.07) is 0. The van der Waals surface area contributed by atoms with Crippen molar-refractivity contribution < 1.29 is 14.2 Å². The molecule has 0 radical (unpaired) electrons. The van der Waals surface area contributed by atoms with E-state index in [1.54, 1.807) is 0 Å². The van der Waals surface area contributed by atoms with Crippen LogP contribution in [0.4, 0.5) is 0 Å². The van der Waals surface area contributed by atoms with Crippen LogP contribution in [-0.4, -0.2) is 37.6 Å². The van der Waals surface area contributed by atoms with Crippen LogP contribution in [0.25, 0.3) is 0 Å². The van der Waals surface area contributed by atoms with Crippen LogP contribution < -0.4 is 0 Å². The van der Waals surface area contributed by atoms with Gasteiger partial charge >= 0.3 is 0 Å². The van der Waals surface area contributed by atoms with Gasteiger partial charge in [-0.2, -0.15) is 0 Å². The normalized spacial score (nSPS) is 19.7. The molecule has 4 atom stereocenters. The maximum absolute atomic E-state index is 6.95. The summed E-state index contributed by atoms with van der Waals surface area (Å²) in [5.41, 5.74) is 0. The Morgan fingerprint density at radius 1 is 0.419 bits per heavy atom. The lowest BCUT2D eigenvalue weighted by Gasteiger charge is -2.26. The van der Waals surface area contributed by atoms with Crippen LogP contribution in [0.2, 0.25) is 0 Å². The fraction of sp³-hybridized carbons (Fsp3) is 1.00. The van der Waals surface area contributed by atoms with Crippen LogP contribution in [0.5, 0.6) is 0 Å². The maximum Gasteiger partial charge on any atom is 0.0597 e. The van der Waals surface area contributed by atoms with Crippen LogP contribution >= 0.6 is 0 Å². The monoisotopic (exact) mass is 607 g/mol. The van der Waals surface area contributed by atoms with Crippen molar-refractivity contribution in [1.29, 1.82) is 0 Å². The van der Waals surface area contributed by atoms with Crippen LogP contribution in [0, 0.1) is 0 Å². The summed E-state index contributed by atoms with van der Waals surface area (Å²) in [4.78, 5) is 0. The van der Waals surface area contributed by atoms with Gasteiger partial charge in [0.1, 0.15) is 0 Å². The van der Waals surface area contributed by atoms with Crippen molar-refractivity contribution in [2.45, 2.75) is 244 Å². The zero-order valence-electron chi connectivity index (χ0n) is 29.6. The molecular formula is C40H78O3. The van der Waals surface area contributed by atoms with E-state index in [1.165, 1.54) is 205 Å². The smallest absolute Gasteiger partial charge is 0.0597 e. The van der Waals surface area contributed by atoms with Crippen LogP contribution in [0.15, 0.2) is 0 Å². The molecule has 2 rings (SSSR count). The Balaban J connectivity index is 1.51. The first kappa shape index (κ1) is 39.1. The van der Waals surface area contributed by atoms with E-state index in [2.05, 4.69) is 13.8 Å². The summed E-state index contributed by atoms with van der Waals surface area (Å²) < 4.78 is 18.0. The average Bonchev–Trinajstić information content (AvgIpc) is 2.96. The minimum absolute atomic E-state index is 0.508. The molecule has 2 fully saturated rings. The summed E-state index contributed by atoms with van der Waals surface area (Å²) in [7, 11) is 0. The van der Waals surface area contributed by atoms with Gasteiger partial charge in [0.05, 0.1) is 24.4 Å². The van der Waals surface area contributed by atoms with Crippen molar-refractivity contribution in [3.63, 3.8) is 0 Å². The van der Waals surface area contributed by atoms with Crippen molar-refractivity contribution in [3.05, 3.63) is 0 Å². The minimum Gasteiger partial charge on any atom is -0.378 e. The third-order valence-electron chi connectivity index (χ3n) is 10.3. The molecule has 2 saturated heterocycles. The first-order chi connectivity index (χ1) is 21.3. The lowest BCUT2D eigenvalue weighted by atomic mass is 9.99. The molecule has 0 aromatic carbocycles.